The average molecular weight is 409 g/mol. The molecule has 0 saturated carbocycles. The van der Waals surface area contributed by atoms with Gasteiger partial charge < -0.3 is 10.6 Å². The van der Waals surface area contributed by atoms with Crippen LogP contribution in [0.15, 0.2) is 84.4 Å². The highest BCUT2D eigenvalue weighted by molar-refractivity contribution is 6.05. The van der Waals surface area contributed by atoms with E-state index in [1.807, 2.05) is 62.4 Å². The number of benzene rings is 3. The highest BCUT2D eigenvalue weighted by Gasteiger charge is 2.14. The predicted octanol–water partition coefficient (Wildman–Crippen LogP) is 5.03. The van der Waals surface area contributed by atoms with Gasteiger partial charge in [-0.15, -0.1) is 0 Å². The molecule has 0 aliphatic carbocycles. The van der Waals surface area contributed by atoms with Crippen molar-refractivity contribution in [1.29, 1.82) is 5.26 Å². The number of hydrogen-bond donors (Lipinski definition) is 2. The number of rotatable bonds is 6. The smallest absolute Gasteiger partial charge is 0.262 e. The van der Waals surface area contributed by atoms with E-state index in [0.717, 1.165) is 11.1 Å². The topological polar surface area (TPSA) is 82.0 Å². The van der Waals surface area contributed by atoms with Crippen molar-refractivity contribution in [3.63, 3.8) is 0 Å². The van der Waals surface area contributed by atoms with Gasteiger partial charge in [-0.1, -0.05) is 60.2 Å². The number of nitrogens with one attached hydrogen (secondary N) is 2. The van der Waals surface area contributed by atoms with E-state index in [9.17, 15) is 14.9 Å². The second-order valence-corrected chi connectivity index (χ2v) is 7.22. The van der Waals surface area contributed by atoms with Crippen molar-refractivity contribution in [1.82, 2.24) is 5.32 Å². The number of carbonyl (C=O) groups excluding carboxylic acids is 2. The van der Waals surface area contributed by atoms with Crippen molar-refractivity contribution < 1.29 is 9.59 Å². The summed E-state index contributed by atoms with van der Waals surface area (Å²) >= 11 is 0. The molecule has 0 saturated heterocycles. The number of carbonyl (C=O) groups is 2. The molecule has 2 N–H and O–H groups in total. The summed E-state index contributed by atoms with van der Waals surface area (Å²) in [6.07, 6.45) is 1.51. The van der Waals surface area contributed by atoms with E-state index in [1.165, 1.54) is 6.08 Å². The predicted molar refractivity (Wildman–Crippen MR) is 122 cm³/mol. The lowest BCUT2D eigenvalue weighted by molar-refractivity contribution is -0.117. The zero-order chi connectivity index (χ0) is 22.2. The van der Waals surface area contributed by atoms with Crippen LogP contribution in [-0.4, -0.2) is 11.8 Å². The van der Waals surface area contributed by atoms with Crippen LogP contribution in [0.4, 0.5) is 5.69 Å². The lowest BCUT2D eigenvalue weighted by Crippen LogP contribution is -2.27. The van der Waals surface area contributed by atoms with Gasteiger partial charge in [0.1, 0.15) is 11.6 Å². The Morgan fingerprint density at radius 3 is 2.35 bits per heavy atom. The lowest BCUT2D eigenvalue weighted by atomic mass is 10.1. The van der Waals surface area contributed by atoms with Crippen LogP contribution < -0.4 is 10.6 Å². The molecule has 0 spiro atoms. The summed E-state index contributed by atoms with van der Waals surface area (Å²) in [5, 5.41) is 15.2. The summed E-state index contributed by atoms with van der Waals surface area (Å²) in [6.45, 7) is 3.82. The van der Waals surface area contributed by atoms with Gasteiger partial charge in [0.05, 0.1) is 6.04 Å². The third-order valence-corrected chi connectivity index (χ3v) is 4.78. The minimum Gasteiger partial charge on any atom is -0.345 e. The maximum atomic E-state index is 12.6. The normalized spacial score (nSPS) is 11.8. The average Bonchev–Trinajstić information content (AvgIpc) is 2.78. The van der Waals surface area contributed by atoms with Gasteiger partial charge in [0, 0.05) is 11.3 Å². The van der Waals surface area contributed by atoms with Gasteiger partial charge in [-0.3, -0.25) is 9.59 Å². The Labute approximate surface area is 182 Å². The second kappa shape index (κ2) is 10.0. The number of nitriles is 1. The van der Waals surface area contributed by atoms with Gasteiger partial charge in [-0.05, 0) is 55.3 Å². The highest BCUT2D eigenvalue weighted by Crippen LogP contribution is 2.17. The van der Waals surface area contributed by atoms with Gasteiger partial charge in [-0.2, -0.15) is 5.26 Å². The first-order valence-corrected chi connectivity index (χ1v) is 9.92. The number of amides is 2. The fourth-order valence-corrected chi connectivity index (χ4v) is 3.03. The fourth-order valence-electron chi connectivity index (χ4n) is 3.03. The van der Waals surface area contributed by atoms with Crippen molar-refractivity contribution >= 4 is 23.6 Å². The second-order valence-electron chi connectivity index (χ2n) is 7.22. The van der Waals surface area contributed by atoms with Crippen LogP contribution in [-0.2, 0) is 4.79 Å². The molecule has 1 unspecified atom stereocenters. The molecule has 2 amide bonds. The van der Waals surface area contributed by atoms with Gasteiger partial charge in [0.2, 0.25) is 0 Å². The van der Waals surface area contributed by atoms with E-state index in [0.29, 0.717) is 16.8 Å². The van der Waals surface area contributed by atoms with E-state index in [-0.39, 0.29) is 17.5 Å². The summed E-state index contributed by atoms with van der Waals surface area (Å²) in [7, 11) is 0. The Morgan fingerprint density at radius 2 is 1.68 bits per heavy atom. The highest BCUT2D eigenvalue weighted by atomic mass is 16.2. The summed E-state index contributed by atoms with van der Waals surface area (Å²) in [6, 6.07) is 25.6. The zero-order valence-corrected chi connectivity index (χ0v) is 17.4. The van der Waals surface area contributed by atoms with E-state index in [4.69, 9.17) is 0 Å². The largest absolute Gasteiger partial charge is 0.345 e. The SMILES string of the molecule is Cc1ccc(C(=O)Nc2cccc(/C=C(\C#N)C(=O)NC(C)c3ccccc3)c2)cc1. The quantitative estimate of drug-likeness (QED) is 0.442. The number of anilines is 1. The number of nitrogens with zero attached hydrogens (tertiary/aromatic N) is 1. The molecule has 3 aromatic rings. The maximum absolute atomic E-state index is 12.6. The Morgan fingerprint density at radius 1 is 0.968 bits per heavy atom. The molecule has 31 heavy (non-hydrogen) atoms. The lowest BCUT2D eigenvalue weighted by Gasteiger charge is -2.13. The molecule has 0 aromatic heterocycles. The first-order chi connectivity index (χ1) is 15.0. The van der Waals surface area contributed by atoms with Gasteiger partial charge >= 0.3 is 0 Å². The van der Waals surface area contributed by atoms with Gasteiger partial charge in [0.25, 0.3) is 11.8 Å². The van der Waals surface area contributed by atoms with E-state index >= 15 is 0 Å². The zero-order valence-electron chi connectivity index (χ0n) is 17.4. The van der Waals surface area contributed by atoms with Gasteiger partial charge in [-0.25, -0.2) is 0 Å². The van der Waals surface area contributed by atoms with E-state index in [2.05, 4.69) is 10.6 Å². The molecule has 0 radical (unpaired) electrons. The first kappa shape index (κ1) is 21.5. The molecule has 0 heterocycles. The van der Waals surface area contributed by atoms with Crippen molar-refractivity contribution in [3.8, 4) is 6.07 Å². The molecule has 5 nitrogen and oxygen atoms in total. The molecule has 1 atom stereocenters. The van der Waals surface area contributed by atoms with Crippen molar-refractivity contribution in [2.75, 3.05) is 5.32 Å². The summed E-state index contributed by atoms with van der Waals surface area (Å²) in [4.78, 5) is 25.0. The van der Waals surface area contributed by atoms with Crippen LogP contribution in [0.25, 0.3) is 6.08 Å². The summed E-state index contributed by atoms with van der Waals surface area (Å²) < 4.78 is 0. The number of aryl methyl sites for hydroxylation is 1. The molecule has 3 rings (SSSR count). The molecule has 0 aliphatic rings. The minimum atomic E-state index is -0.451. The van der Waals surface area contributed by atoms with Gasteiger partial charge in [0.15, 0.2) is 0 Å². The van der Waals surface area contributed by atoms with Crippen LogP contribution in [0.2, 0.25) is 0 Å². The van der Waals surface area contributed by atoms with Crippen LogP contribution in [0.3, 0.4) is 0 Å². The third-order valence-electron chi connectivity index (χ3n) is 4.78. The Hall–Kier alpha value is -4.17. The van der Waals surface area contributed by atoms with Crippen molar-refractivity contribution in [3.05, 3.63) is 107 Å². The maximum Gasteiger partial charge on any atom is 0.262 e. The van der Waals surface area contributed by atoms with E-state index in [1.54, 1.807) is 36.4 Å². The third kappa shape index (κ3) is 5.91. The molecule has 0 fully saturated rings. The molecule has 3 aromatic carbocycles. The Kier molecular flexibility index (Phi) is 6.97. The minimum absolute atomic E-state index is 0.00945. The molecule has 0 bridgehead atoms. The summed E-state index contributed by atoms with van der Waals surface area (Å²) in [5.41, 5.74) is 3.79. The van der Waals surface area contributed by atoms with Crippen molar-refractivity contribution in [2.45, 2.75) is 19.9 Å². The molecule has 0 aliphatic heterocycles. The van der Waals surface area contributed by atoms with Crippen LogP contribution in [0.5, 0.6) is 0 Å². The van der Waals surface area contributed by atoms with Crippen LogP contribution >= 0.6 is 0 Å². The Bertz CT molecular complexity index is 1140. The fraction of sp³-hybridized carbons (Fsp3) is 0.115. The molecule has 5 heteroatoms. The first-order valence-electron chi connectivity index (χ1n) is 9.92. The summed E-state index contributed by atoms with van der Waals surface area (Å²) in [5.74, 6) is -0.677. The van der Waals surface area contributed by atoms with E-state index < -0.39 is 5.91 Å². The van der Waals surface area contributed by atoms with Crippen molar-refractivity contribution in [2.24, 2.45) is 0 Å². The standard InChI is InChI=1S/C26H23N3O2/c1-18-11-13-22(14-12-18)25(30)29-24-10-6-7-20(16-24)15-23(17-27)26(31)28-19(2)21-8-4-3-5-9-21/h3-16,19H,1-2H3,(H,28,31)(H,29,30)/b23-15+. The van der Waals surface area contributed by atoms with Crippen LogP contribution in [0, 0.1) is 18.3 Å². The van der Waals surface area contributed by atoms with Crippen LogP contribution in [0.1, 0.15) is 40.0 Å². The molecular weight excluding hydrogens is 386 g/mol. The molecule has 154 valence electrons. The Balaban J connectivity index is 1.72. The monoisotopic (exact) mass is 409 g/mol. The molecular formula is C26H23N3O2. The number of hydrogen-bond acceptors (Lipinski definition) is 3.